The van der Waals surface area contributed by atoms with Crippen molar-refractivity contribution in [3.63, 3.8) is 0 Å². The Morgan fingerprint density at radius 3 is 2.71 bits per heavy atom. The third-order valence-electron chi connectivity index (χ3n) is 2.31. The maximum atomic E-state index is 5.56. The molecule has 2 aromatic rings. The summed E-state index contributed by atoms with van der Waals surface area (Å²) in [5.41, 5.74) is 9.04. The summed E-state index contributed by atoms with van der Waals surface area (Å²) in [7, 11) is 0. The predicted octanol–water partition coefficient (Wildman–Crippen LogP) is 2.71. The fraction of sp³-hybridized carbons (Fsp3) is 0.167. The summed E-state index contributed by atoms with van der Waals surface area (Å²) in [6.45, 7) is 2.65. The Morgan fingerprint density at radius 1 is 1.29 bits per heavy atom. The van der Waals surface area contributed by atoms with E-state index < -0.39 is 0 Å². The van der Waals surface area contributed by atoms with Gasteiger partial charge in [0, 0.05) is 12.1 Å². The number of nitrogens with two attached hydrogens (primary N) is 1. The minimum absolute atomic E-state index is 0.583. The van der Waals surface area contributed by atoms with Crippen LogP contribution in [0.15, 0.2) is 41.0 Å². The first-order valence-electron chi connectivity index (χ1n) is 4.65. The molecule has 2 heteroatoms. The van der Waals surface area contributed by atoms with Gasteiger partial charge in [-0.15, -0.1) is 0 Å². The van der Waals surface area contributed by atoms with E-state index in [0.29, 0.717) is 6.54 Å². The van der Waals surface area contributed by atoms with Crippen LogP contribution in [0, 0.1) is 6.92 Å². The summed E-state index contributed by atoms with van der Waals surface area (Å²) in [5, 5.41) is 0. The average Bonchev–Trinajstić information content (AvgIpc) is 2.70. The summed E-state index contributed by atoms with van der Waals surface area (Å²) in [6.07, 6.45) is 1.69. The van der Waals surface area contributed by atoms with Crippen LogP contribution >= 0.6 is 0 Å². The van der Waals surface area contributed by atoms with Crippen LogP contribution in [-0.4, -0.2) is 0 Å². The molecule has 1 aromatic carbocycles. The Bertz CT molecular complexity index is 418. The normalized spacial score (nSPS) is 10.4. The first-order valence-corrected chi connectivity index (χ1v) is 4.65. The lowest BCUT2D eigenvalue weighted by Crippen LogP contribution is -1.96. The summed E-state index contributed by atoms with van der Waals surface area (Å²) < 4.78 is 5.34. The van der Waals surface area contributed by atoms with E-state index in [1.54, 1.807) is 6.26 Å². The molecule has 0 aliphatic heterocycles. The van der Waals surface area contributed by atoms with Gasteiger partial charge in [-0.1, -0.05) is 18.2 Å². The van der Waals surface area contributed by atoms with Crippen LogP contribution in [-0.2, 0) is 6.54 Å². The smallest absolute Gasteiger partial charge is 0.134 e. The minimum Gasteiger partial charge on any atom is -0.464 e. The van der Waals surface area contributed by atoms with Crippen molar-refractivity contribution in [2.45, 2.75) is 13.5 Å². The van der Waals surface area contributed by atoms with Crippen LogP contribution in [0.2, 0.25) is 0 Å². The van der Waals surface area contributed by atoms with Gasteiger partial charge in [0.05, 0.1) is 6.26 Å². The number of hydrogen-bond donors (Lipinski definition) is 1. The quantitative estimate of drug-likeness (QED) is 0.785. The maximum Gasteiger partial charge on any atom is 0.134 e. The van der Waals surface area contributed by atoms with E-state index in [9.17, 15) is 0 Å². The highest BCUT2D eigenvalue weighted by atomic mass is 16.3. The zero-order valence-corrected chi connectivity index (χ0v) is 8.16. The Kier molecular flexibility index (Phi) is 2.37. The van der Waals surface area contributed by atoms with Gasteiger partial charge in [0.2, 0.25) is 0 Å². The van der Waals surface area contributed by atoms with Crippen molar-refractivity contribution in [1.82, 2.24) is 0 Å². The van der Waals surface area contributed by atoms with Crippen LogP contribution in [0.25, 0.3) is 11.3 Å². The topological polar surface area (TPSA) is 39.2 Å². The Balaban J connectivity index is 2.46. The zero-order valence-electron chi connectivity index (χ0n) is 8.16. The van der Waals surface area contributed by atoms with E-state index in [-0.39, 0.29) is 0 Å². The molecular weight excluding hydrogens is 174 g/mol. The molecule has 1 heterocycles. The fourth-order valence-electron chi connectivity index (χ4n) is 1.56. The van der Waals surface area contributed by atoms with Gasteiger partial charge in [-0.2, -0.15) is 0 Å². The lowest BCUT2D eigenvalue weighted by atomic mass is 10.0. The van der Waals surface area contributed by atoms with Gasteiger partial charge in [0.15, 0.2) is 0 Å². The molecule has 0 aliphatic carbocycles. The van der Waals surface area contributed by atoms with Gasteiger partial charge >= 0.3 is 0 Å². The lowest BCUT2D eigenvalue weighted by Gasteiger charge is -2.04. The third kappa shape index (κ3) is 1.56. The summed E-state index contributed by atoms with van der Waals surface area (Å²) in [6, 6.07) is 10.0. The Hall–Kier alpha value is -1.54. The molecule has 14 heavy (non-hydrogen) atoms. The van der Waals surface area contributed by atoms with E-state index >= 15 is 0 Å². The SMILES string of the molecule is Cc1cc(CN)ccc1-c1ccco1. The Labute approximate surface area is 83.4 Å². The van der Waals surface area contributed by atoms with E-state index in [1.807, 2.05) is 18.2 Å². The molecule has 0 unspecified atom stereocenters. The highest BCUT2D eigenvalue weighted by molar-refractivity contribution is 5.62. The molecule has 0 saturated heterocycles. The molecular formula is C12H13NO. The molecule has 0 bridgehead atoms. The van der Waals surface area contributed by atoms with E-state index in [0.717, 1.165) is 16.9 Å². The van der Waals surface area contributed by atoms with Gasteiger partial charge < -0.3 is 10.2 Å². The highest BCUT2D eigenvalue weighted by Gasteiger charge is 2.04. The van der Waals surface area contributed by atoms with Gasteiger partial charge in [-0.3, -0.25) is 0 Å². The molecule has 2 N–H and O–H groups in total. The number of rotatable bonds is 2. The Morgan fingerprint density at radius 2 is 2.14 bits per heavy atom. The van der Waals surface area contributed by atoms with Crippen molar-refractivity contribution in [3.05, 3.63) is 47.7 Å². The third-order valence-corrected chi connectivity index (χ3v) is 2.31. The molecule has 2 nitrogen and oxygen atoms in total. The molecule has 0 aliphatic rings. The van der Waals surface area contributed by atoms with Gasteiger partial charge in [0.25, 0.3) is 0 Å². The van der Waals surface area contributed by atoms with Crippen molar-refractivity contribution in [3.8, 4) is 11.3 Å². The van der Waals surface area contributed by atoms with E-state index in [1.165, 1.54) is 5.56 Å². The number of benzene rings is 1. The molecule has 0 atom stereocenters. The molecule has 1 aromatic heterocycles. The lowest BCUT2D eigenvalue weighted by molar-refractivity contribution is 0.582. The number of aryl methyl sites for hydroxylation is 1. The van der Waals surface area contributed by atoms with Crippen LogP contribution in [0.4, 0.5) is 0 Å². The van der Waals surface area contributed by atoms with Crippen molar-refractivity contribution in [2.24, 2.45) is 5.73 Å². The summed E-state index contributed by atoms with van der Waals surface area (Å²) in [5.74, 6) is 0.908. The first kappa shape index (κ1) is 9.03. The van der Waals surface area contributed by atoms with Crippen molar-refractivity contribution < 1.29 is 4.42 Å². The van der Waals surface area contributed by atoms with E-state index in [2.05, 4.69) is 19.1 Å². The zero-order chi connectivity index (χ0) is 9.97. The van der Waals surface area contributed by atoms with Gasteiger partial charge in [0.1, 0.15) is 5.76 Å². The van der Waals surface area contributed by atoms with Crippen LogP contribution in [0.1, 0.15) is 11.1 Å². The molecule has 72 valence electrons. The summed E-state index contributed by atoms with van der Waals surface area (Å²) >= 11 is 0. The maximum absolute atomic E-state index is 5.56. The van der Waals surface area contributed by atoms with Crippen molar-refractivity contribution in [1.29, 1.82) is 0 Å². The van der Waals surface area contributed by atoms with Crippen molar-refractivity contribution >= 4 is 0 Å². The second-order valence-corrected chi connectivity index (χ2v) is 3.33. The van der Waals surface area contributed by atoms with E-state index in [4.69, 9.17) is 10.2 Å². The molecule has 0 radical (unpaired) electrons. The molecule has 0 fully saturated rings. The summed E-state index contributed by atoms with van der Waals surface area (Å²) in [4.78, 5) is 0. The molecule has 0 saturated carbocycles. The van der Waals surface area contributed by atoms with Crippen LogP contribution in [0.5, 0.6) is 0 Å². The molecule has 0 amide bonds. The standard InChI is InChI=1S/C12H13NO/c1-9-7-10(8-13)4-5-11(9)12-3-2-6-14-12/h2-7H,8,13H2,1H3. The second kappa shape index (κ2) is 3.68. The van der Waals surface area contributed by atoms with Crippen LogP contribution < -0.4 is 5.73 Å². The largest absolute Gasteiger partial charge is 0.464 e. The van der Waals surface area contributed by atoms with Gasteiger partial charge in [-0.25, -0.2) is 0 Å². The average molecular weight is 187 g/mol. The first-order chi connectivity index (χ1) is 6.81. The second-order valence-electron chi connectivity index (χ2n) is 3.33. The van der Waals surface area contributed by atoms with Crippen LogP contribution in [0.3, 0.4) is 0 Å². The minimum atomic E-state index is 0.583. The van der Waals surface area contributed by atoms with Crippen molar-refractivity contribution in [2.75, 3.05) is 0 Å². The molecule has 2 rings (SSSR count). The van der Waals surface area contributed by atoms with Gasteiger partial charge in [-0.05, 0) is 30.2 Å². The predicted molar refractivity (Wildman–Crippen MR) is 56.8 cm³/mol. The number of hydrogen-bond acceptors (Lipinski definition) is 2. The highest BCUT2D eigenvalue weighted by Crippen LogP contribution is 2.24. The number of furan rings is 1. The molecule has 0 spiro atoms. The fourth-order valence-corrected chi connectivity index (χ4v) is 1.56. The monoisotopic (exact) mass is 187 g/mol.